The van der Waals surface area contributed by atoms with E-state index in [1.165, 1.54) is 5.57 Å². The highest BCUT2D eigenvalue weighted by atomic mass is 16.7. The SMILES string of the molecule is CC1(C)CCC2(C(=O)O)CCC3(C)C(=CCC4C5(C)CCC(OC6OC(CO)C(OC7OCC(O)C(O)C7O)C(O)C6O)C(C)(C)C5CCC43C)C2C1. The van der Waals surface area contributed by atoms with Gasteiger partial charge in [0.15, 0.2) is 12.6 Å². The second-order valence-corrected chi connectivity index (χ2v) is 20.2. The van der Waals surface area contributed by atoms with Crippen LogP contribution < -0.4 is 0 Å². The number of ether oxygens (including phenoxy) is 4. The molecule has 0 bridgehead atoms. The summed E-state index contributed by atoms with van der Waals surface area (Å²) in [5.74, 6) is 0.150. The van der Waals surface area contributed by atoms with Gasteiger partial charge in [-0.15, -0.1) is 0 Å². The molecule has 6 fully saturated rings. The van der Waals surface area contributed by atoms with Gasteiger partial charge in [0.05, 0.1) is 24.7 Å². The monoisotopic (exact) mass is 750 g/mol. The van der Waals surface area contributed by atoms with Gasteiger partial charge >= 0.3 is 5.97 Å². The molecule has 0 amide bonds. The number of aliphatic hydroxyl groups excluding tert-OH is 6. The number of carboxylic acids is 1. The molecule has 17 unspecified atom stereocenters. The molecular formula is C41H66O12. The van der Waals surface area contributed by atoms with Crippen LogP contribution in [0, 0.1) is 50.2 Å². The number of carboxylic acid groups (broad SMARTS) is 1. The molecule has 4 saturated carbocycles. The second-order valence-electron chi connectivity index (χ2n) is 20.2. The van der Waals surface area contributed by atoms with Crippen LogP contribution in [0.1, 0.15) is 113 Å². The molecule has 53 heavy (non-hydrogen) atoms. The molecule has 0 aromatic rings. The van der Waals surface area contributed by atoms with E-state index in [1.807, 2.05) is 0 Å². The summed E-state index contributed by atoms with van der Waals surface area (Å²) in [6, 6.07) is 0. The molecule has 5 aliphatic carbocycles. The van der Waals surface area contributed by atoms with E-state index in [9.17, 15) is 40.5 Å². The number of hydrogen-bond acceptors (Lipinski definition) is 11. The topological polar surface area (TPSA) is 196 Å². The van der Waals surface area contributed by atoms with E-state index in [0.717, 1.165) is 57.8 Å². The summed E-state index contributed by atoms with van der Waals surface area (Å²) in [6.45, 7) is 15.6. The molecule has 2 heterocycles. The number of rotatable bonds is 6. The van der Waals surface area contributed by atoms with Gasteiger partial charge in [-0.1, -0.05) is 60.1 Å². The first-order valence-corrected chi connectivity index (χ1v) is 20.2. The minimum absolute atomic E-state index is 0.00827. The van der Waals surface area contributed by atoms with Crippen molar-refractivity contribution in [3.63, 3.8) is 0 Å². The van der Waals surface area contributed by atoms with Gasteiger partial charge < -0.3 is 54.7 Å². The normalized spacial score (nSPS) is 53.3. The first kappa shape index (κ1) is 40.0. The van der Waals surface area contributed by atoms with Crippen molar-refractivity contribution < 1.29 is 59.5 Å². The molecule has 0 aromatic carbocycles. The molecule has 17 atom stereocenters. The summed E-state index contributed by atoms with van der Waals surface area (Å²) in [4.78, 5) is 13.0. The molecule has 7 N–H and O–H groups in total. The fourth-order valence-electron chi connectivity index (χ4n) is 13.4. The van der Waals surface area contributed by atoms with Crippen LogP contribution in [-0.4, -0.2) is 116 Å². The number of fused-ring (bicyclic) bond motifs is 7. The predicted molar refractivity (Wildman–Crippen MR) is 192 cm³/mol. The van der Waals surface area contributed by atoms with E-state index >= 15 is 0 Å². The lowest BCUT2D eigenvalue weighted by Gasteiger charge is -2.71. The van der Waals surface area contributed by atoms with Crippen LogP contribution in [0.25, 0.3) is 0 Å². The van der Waals surface area contributed by atoms with Crippen LogP contribution >= 0.6 is 0 Å². The molecule has 0 aromatic heterocycles. The third-order valence-corrected chi connectivity index (χ3v) is 16.9. The summed E-state index contributed by atoms with van der Waals surface area (Å²) in [7, 11) is 0. The average Bonchev–Trinajstić information content (AvgIpc) is 3.09. The van der Waals surface area contributed by atoms with Crippen molar-refractivity contribution in [2.45, 2.75) is 174 Å². The first-order valence-electron chi connectivity index (χ1n) is 20.2. The predicted octanol–water partition coefficient (Wildman–Crippen LogP) is 3.52. The molecule has 0 spiro atoms. The fraction of sp³-hybridized carbons (Fsp3) is 0.927. The Hall–Kier alpha value is -1.19. The van der Waals surface area contributed by atoms with Gasteiger partial charge in [0.2, 0.25) is 0 Å². The maximum Gasteiger partial charge on any atom is 0.310 e. The van der Waals surface area contributed by atoms with E-state index in [1.54, 1.807) is 0 Å². The average molecular weight is 751 g/mol. The van der Waals surface area contributed by atoms with Crippen molar-refractivity contribution in [1.29, 1.82) is 0 Å². The minimum atomic E-state index is -1.62. The highest BCUT2D eigenvalue weighted by Crippen LogP contribution is 2.76. The van der Waals surface area contributed by atoms with Gasteiger partial charge in [0.1, 0.15) is 42.7 Å². The lowest BCUT2D eigenvalue weighted by atomic mass is 9.33. The van der Waals surface area contributed by atoms with Gasteiger partial charge in [-0.2, -0.15) is 0 Å². The Bertz CT molecular complexity index is 1430. The van der Waals surface area contributed by atoms with Gasteiger partial charge in [-0.3, -0.25) is 4.79 Å². The zero-order valence-corrected chi connectivity index (χ0v) is 32.7. The lowest BCUT2D eigenvalue weighted by molar-refractivity contribution is -0.360. The number of carbonyl (C=O) groups is 1. The third-order valence-electron chi connectivity index (χ3n) is 16.9. The van der Waals surface area contributed by atoms with Crippen LogP contribution in [0.4, 0.5) is 0 Å². The number of aliphatic carboxylic acids is 1. The summed E-state index contributed by atoms with van der Waals surface area (Å²) < 4.78 is 23.8. The van der Waals surface area contributed by atoms with Crippen LogP contribution in [0.5, 0.6) is 0 Å². The van der Waals surface area contributed by atoms with Gasteiger partial charge in [0.25, 0.3) is 0 Å². The molecule has 7 rings (SSSR count). The third kappa shape index (κ3) is 5.94. The van der Waals surface area contributed by atoms with Crippen molar-refractivity contribution in [3.05, 3.63) is 11.6 Å². The largest absolute Gasteiger partial charge is 0.481 e. The standard InChI is InChI=1S/C41H66O12/c1-36(2)14-16-41(35(48)49)17-15-39(6)21(22(41)18-36)8-9-26-38(5)12-11-27(37(3,4)25(38)10-13-40(26,39)7)52-34-31(47)29(45)32(24(19-42)51-34)53-33-30(46)28(44)23(43)20-50-33/h8,22-34,42-47H,9-20H2,1-7H3,(H,48,49). The number of aliphatic hydroxyl groups is 6. The van der Waals surface area contributed by atoms with E-state index in [2.05, 4.69) is 54.5 Å². The van der Waals surface area contributed by atoms with E-state index < -0.39 is 73.3 Å². The van der Waals surface area contributed by atoms with Crippen molar-refractivity contribution >= 4 is 5.97 Å². The Morgan fingerprint density at radius 2 is 1.49 bits per heavy atom. The highest BCUT2D eigenvalue weighted by molar-refractivity contribution is 5.76. The summed E-state index contributed by atoms with van der Waals surface area (Å²) in [5.41, 5.74) is 0.457. The lowest BCUT2D eigenvalue weighted by Crippen LogP contribution is -2.66. The van der Waals surface area contributed by atoms with Crippen molar-refractivity contribution in [1.82, 2.24) is 0 Å². The van der Waals surface area contributed by atoms with E-state index in [4.69, 9.17) is 18.9 Å². The second kappa shape index (κ2) is 13.5. The molecule has 302 valence electrons. The van der Waals surface area contributed by atoms with E-state index in [-0.39, 0.29) is 45.7 Å². The van der Waals surface area contributed by atoms with Crippen molar-refractivity contribution in [2.24, 2.45) is 50.2 Å². The van der Waals surface area contributed by atoms with Crippen LogP contribution in [-0.2, 0) is 23.7 Å². The van der Waals surface area contributed by atoms with E-state index in [0.29, 0.717) is 18.3 Å². The van der Waals surface area contributed by atoms with Crippen molar-refractivity contribution in [2.75, 3.05) is 13.2 Å². The molecule has 0 radical (unpaired) electrons. The zero-order valence-electron chi connectivity index (χ0n) is 32.7. The molecule has 12 heteroatoms. The summed E-state index contributed by atoms with van der Waals surface area (Å²) in [6.07, 6.45) is -1.62. The Labute approximate surface area is 314 Å². The fourth-order valence-corrected chi connectivity index (χ4v) is 13.4. The van der Waals surface area contributed by atoms with Crippen LogP contribution in [0.2, 0.25) is 0 Å². The maximum atomic E-state index is 13.0. The Morgan fingerprint density at radius 3 is 2.17 bits per heavy atom. The molecule has 2 aliphatic heterocycles. The minimum Gasteiger partial charge on any atom is -0.481 e. The summed E-state index contributed by atoms with van der Waals surface area (Å²) in [5, 5.41) is 73.8. The maximum absolute atomic E-state index is 13.0. The molecule has 7 aliphatic rings. The van der Waals surface area contributed by atoms with Gasteiger partial charge in [-0.25, -0.2) is 0 Å². The quantitative estimate of drug-likeness (QED) is 0.155. The Kier molecular flexibility index (Phi) is 10.2. The molecular weight excluding hydrogens is 684 g/mol. The zero-order chi connectivity index (χ0) is 38.7. The first-order chi connectivity index (χ1) is 24.7. The van der Waals surface area contributed by atoms with Crippen molar-refractivity contribution in [3.8, 4) is 0 Å². The molecule has 2 saturated heterocycles. The van der Waals surface area contributed by atoms with Gasteiger partial charge in [-0.05, 0) is 109 Å². The molecule has 12 nitrogen and oxygen atoms in total. The Morgan fingerprint density at radius 1 is 0.811 bits per heavy atom. The summed E-state index contributed by atoms with van der Waals surface area (Å²) >= 11 is 0. The number of hydrogen-bond donors (Lipinski definition) is 7. The Balaban J connectivity index is 1.09. The van der Waals surface area contributed by atoms with Crippen LogP contribution in [0.15, 0.2) is 11.6 Å². The van der Waals surface area contributed by atoms with Crippen LogP contribution in [0.3, 0.4) is 0 Å². The highest BCUT2D eigenvalue weighted by Gasteiger charge is 2.69. The smallest absolute Gasteiger partial charge is 0.310 e. The number of allylic oxidation sites excluding steroid dienone is 2. The van der Waals surface area contributed by atoms with Gasteiger partial charge in [0, 0.05) is 0 Å².